The average Bonchev–Trinajstić information content (AvgIpc) is 2.48. The first-order valence-electron chi connectivity index (χ1n) is 6.60. The maximum absolute atomic E-state index is 11.9. The molecule has 2 rings (SSSR count). The van der Waals surface area contributed by atoms with Crippen LogP contribution in [0.5, 0.6) is 0 Å². The molecule has 1 aliphatic rings. The van der Waals surface area contributed by atoms with Gasteiger partial charge in [-0.2, -0.15) is 5.01 Å². The molecule has 102 valence electrons. The minimum Gasteiger partial charge on any atom is -0.332 e. The monoisotopic (exact) mass is 262 g/mol. The first-order valence-corrected chi connectivity index (χ1v) is 6.60. The van der Waals surface area contributed by atoms with E-state index in [9.17, 15) is 9.70 Å². The number of nitrogens with zero attached hydrogens (tertiary/aromatic N) is 3. The Balaban J connectivity index is 1.88. The number of carbonyl (C=O) groups excluding carboxylic acids is 1. The van der Waals surface area contributed by atoms with Crippen LogP contribution in [0.25, 0.3) is 0 Å². The highest BCUT2D eigenvalue weighted by atomic mass is 16.3. The molecule has 1 saturated carbocycles. The normalized spacial score (nSPS) is 15.8. The number of pyridine rings is 1. The second-order valence-electron chi connectivity index (χ2n) is 4.74. The van der Waals surface area contributed by atoms with Gasteiger partial charge in [-0.15, -0.1) is 4.91 Å². The fourth-order valence-corrected chi connectivity index (χ4v) is 2.36. The van der Waals surface area contributed by atoms with Crippen LogP contribution in [0.2, 0.25) is 0 Å². The minimum absolute atomic E-state index is 0.0554. The van der Waals surface area contributed by atoms with Gasteiger partial charge >= 0.3 is 6.03 Å². The van der Waals surface area contributed by atoms with Crippen LogP contribution in [0.3, 0.4) is 0 Å². The standard InChI is InChI=1S/C13H18N4O2/c18-13(15-10-11-5-4-8-14-9-11)17(16-19)12-6-2-1-3-7-12/h4-5,8-9,12H,1-3,6-7,10H2,(H,15,18). The zero-order valence-electron chi connectivity index (χ0n) is 10.8. The molecule has 2 amide bonds. The summed E-state index contributed by atoms with van der Waals surface area (Å²) in [7, 11) is 0. The SMILES string of the molecule is O=NN(C(=O)NCc1cccnc1)C1CCCCC1. The third kappa shape index (κ3) is 3.74. The lowest BCUT2D eigenvalue weighted by molar-refractivity contribution is 0.157. The van der Waals surface area contributed by atoms with E-state index in [1.807, 2.05) is 6.07 Å². The van der Waals surface area contributed by atoms with Crippen LogP contribution in [-0.4, -0.2) is 22.1 Å². The molecule has 6 heteroatoms. The van der Waals surface area contributed by atoms with Gasteiger partial charge in [0.1, 0.15) is 0 Å². The number of carbonyl (C=O) groups is 1. The summed E-state index contributed by atoms with van der Waals surface area (Å²) in [6.07, 6.45) is 8.32. The molecule has 0 aromatic carbocycles. The zero-order valence-corrected chi connectivity index (χ0v) is 10.8. The maximum Gasteiger partial charge on any atom is 0.340 e. The van der Waals surface area contributed by atoms with Crippen LogP contribution in [-0.2, 0) is 6.54 Å². The van der Waals surface area contributed by atoms with E-state index < -0.39 is 6.03 Å². The van der Waals surface area contributed by atoms with Gasteiger partial charge in [-0.3, -0.25) is 4.98 Å². The van der Waals surface area contributed by atoms with E-state index in [2.05, 4.69) is 15.6 Å². The summed E-state index contributed by atoms with van der Waals surface area (Å²) in [5.74, 6) is 0. The van der Waals surface area contributed by atoms with Crippen molar-refractivity contribution in [2.24, 2.45) is 5.29 Å². The Hall–Kier alpha value is -1.98. The van der Waals surface area contributed by atoms with Gasteiger partial charge in [-0.05, 0) is 24.5 Å². The fraction of sp³-hybridized carbons (Fsp3) is 0.538. The Morgan fingerprint density at radius 2 is 2.21 bits per heavy atom. The molecular weight excluding hydrogens is 244 g/mol. The van der Waals surface area contributed by atoms with Crippen molar-refractivity contribution in [1.82, 2.24) is 15.3 Å². The smallest absolute Gasteiger partial charge is 0.332 e. The highest BCUT2D eigenvalue weighted by Crippen LogP contribution is 2.22. The van der Waals surface area contributed by atoms with Gasteiger partial charge in [0.2, 0.25) is 0 Å². The molecule has 6 nitrogen and oxygen atoms in total. The highest BCUT2D eigenvalue weighted by Gasteiger charge is 2.26. The number of hydrogen-bond acceptors (Lipinski definition) is 4. The zero-order chi connectivity index (χ0) is 13.5. The van der Waals surface area contributed by atoms with Crippen molar-refractivity contribution in [1.29, 1.82) is 0 Å². The average molecular weight is 262 g/mol. The van der Waals surface area contributed by atoms with E-state index in [-0.39, 0.29) is 6.04 Å². The molecule has 1 N–H and O–H groups in total. The lowest BCUT2D eigenvalue weighted by atomic mass is 9.95. The van der Waals surface area contributed by atoms with E-state index in [0.717, 1.165) is 36.3 Å². The first-order chi connectivity index (χ1) is 9.31. The largest absolute Gasteiger partial charge is 0.340 e. The highest BCUT2D eigenvalue weighted by molar-refractivity contribution is 5.74. The molecule has 0 spiro atoms. The lowest BCUT2D eigenvalue weighted by Gasteiger charge is -2.27. The summed E-state index contributed by atoms with van der Waals surface area (Å²) in [5.41, 5.74) is 0.894. The van der Waals surface area contributed by atoms with Crippen LogP contribution in [0.4, 0.5) is 4.79 Å². The molecule has 0 atom stereocenters. The van der Waals surface area contributed by atoms with Gasteiger partial charge in [-0.25, -0.2) is 4.79 Å². The van der Waals surface area contributed by atoms with Gasteiger partial charge < -0.3 is 5.32 Å². The second-order valence-corrected chi connectivity index (χ2v) is 4.74. The molecule has 19 heavy (non-hydrogen) atoms. The number of aromatic nitrogens is 1. The Labute approximate surface area is 112 Å². The third-order valence-electron chi connectivity index (χ3n) is 3.38. The summed E-state index contributed by atoms with van der Waals surface area (Å²) in [4.78, 5) is 26.8. The van der Waals surface area contributed by atoms with Crippen LogP contribution in [0.1, 0.15) is 37.7 Å². The molecule has 1 aliphatic carbocycles. The van der Waals surface area contributed by atoms with Crippen molar-refractivity contribution in [2.75, 3.05) is 0 Å². The van der Waals surface area contributed by atoms with Gasteiger partial charge in [-0.1, -0.05) is 25.3 Å². The second kappa shape index (κ2) is 6.82. The van der Waals surface area contributed by atoms with Crippen LogP contribution in [0, 0.1) is 4.91 Å². The van der Waals surface area contributed by atoms with E-state index in [0.29, 0.717) is 6.54 Å². The van der Waals surface area contributed by atoms with E-state index in [1.54, 1.807) is 18.5 Å². The molecule has 0 radical (unpaired) electrons. The molecule has 0 unspecified atom stereocenters. The molecule has 0 saturated heterocycles. The van der Waals surface area contributed by atoms with Gasteiger partial charge in [0.25, 0.3) is 0 Å². The van der Waals surface area contributed by atoms with Gasteiger partial charge in [0, 0.05) is 18.9 Å². The van der Waals surface area contributed by atoms with E-state index in [4.69, 9.17) is 0 Å². The van der Waals surface area contributed by atoms with E-state index >= 15 is 0 Å². The predicted molar refractivity (Wildman–Crippen MR) is 71.0 cm³/mol. The summed E-state index contributed by atoms with van der Waals surface area (Å²) < 4.78 is 0. The van der Waals surface area contributed by atoms with Crippen molar-refractivity contribution in [3.63, 3.8) is 0 Å². The third-order valence-corrected chi connectivity index (χ3v) is 3.38. The van der Waals surface area contributed by atoms with Crippen molar-refractivity contribution >= 4 is 6.03 Å². The number of amides is 2. The maximum atomic E-state index is 11.9. The summed E-state index contributed by atoms with van der Waals surface area (Å²) >= 11 is 0. The number of rotatable bonds is 4. The number of nitroso groups, excluding NO2 is 1. The van der Waals surface area contributed by atoms with Crippen molar-refractivity contribution < 1.29 is 4.79 Å². The van der Waals surface area contributed by atoms with Crippen molar-refractivity contribution in [3.05, 3.63) is 35.0 Å². The molecule has 1 fully saturated rings. The Morgan fingerprint density at radius 3 is 2.84 bits per heavy atom. The Morgan fingerprint density at radius 1 is 1.42 bits per heavy atom. The number of nitrogens with one attached hydrogen (secondary N) is 1. The van der Waals surface area contributed by atoms with Crippen molar-refractivity contribution in [3.8, 4) is 0 Å². The molecule has 1 heterocycles. The van der Waals surface area contributed by atoms with Crippen LogP contribution < -0.4 is 5.32 Å². The fourth-order valence-electron chi connectivity index (χ4n) is 2.36. The van der Waals surface area contributed by atoms with Crippen LogP contribution >= 0.6 is 0 Å². The lowest BCUT2D eigenvalue weighted by Crippen LogP contribution is -2.43. The molecular formula is C13H18N4O2. The molecule has 0 aliphatic heterocycles. The quantitative estimate of drug-likeness (QED) is 0.669. The minimum atomic E-state index is -0.425. The number of urea groups is 1. The molecule has 1 aromatic rings. The predicted octanol–water partition coefficient (Wildman–Crippen LogP) is 2.61. The van der Waals surface area contributed by atoms with Gasteiger partial charge in [0.05, 0.1) is 11.3 Å². The first kappa shape index (κ1) is 13.5. The summed E-state index contributed by atoms with van der Waals surface area (Å²) in [5, 5.41) is 6.63. The van der Waals surface area contributed by atoms with Crippen molar-refractivity contribution in [2.45, 2.75) is 44.7 Å². The Kier molecular flexibility index (Phi) is 4.83. The van der Waals surface area contributed by atoms with E-state index in [1.165, 1.54) is 6.42 Å². The summed E-state index contributed by atoms with van der Waals surface area (Å²) in [6, 6.07) is 3.19. The molecule has 1 aromatic heterocycles. The Bertz CT molecular complexity index is 418. The van der Waals surface area contributed by atoms with Gasteiger partial charge in [0.15, 0.2) is 0 Å². The molecule has 0 bridgehead atoms. The topological polar surface area (TPSA) is 74.7 Å². The van der Waals surface area contributed by atoms with Crippen LogP contribution in [0.15, 0.2) is 29.8 Å². The summed E-state index contributed by atoms with van der Waals surface area (Å²) in [6.45, 7) is 0.353. The number of hydrogen-bond donors (Lipinski definition) is 1.